The van der Waals surface area contributed by atoms with Gasteiger partial charge in [0, 0.05) is 11.5 Å². The van der Waals surface area contributed by atoms with E-state index in [1.807, 2.05) is 13.8 Å². The van der Waals surface area contributed by atoms with E-state index in [1.54, 1.807) is 0 Å². The van der Waals surface area contributed by atoms with Gasteiger partial charge < -0.3 is 4.74 Å². The Morgan fingerprint density at radius 2 is 2.12 bits per heavy atom. The van der Waals surface area contributed by atoms with E-state index in [1.165, 1.54) is 12.1 Å². The lowest BCUT2D eigenvalue weighted by molar-refractivity contribution is 0.200. The average molecular weight is 328 g/mol. The fraction of sp³-hybridized carbons (Fsp3) is 0.455. The van der Waals surface area contributed by atoms with E-state index in [-0.39, 0.29) is 10.4 Å². The molecule has 0 amide bonds. The molecule has 1 aromatic carbocycles. The molecule has 0 radical (unpaired) electrons. The molecule has 0 fully saturated rings. The second-order valence-corrected chi connectivity index (χ2v) is 5.89. The highest BCUT2D eigenvalue weighted by atomic mass is 79.9. The van der Waals surface area contributed by atoms with Gasteiger partial charge in [-0.05, 0) is 27.7 Å². The quantitative estimate of drug-likeness (QED) is 0.629. The third-order valence-electron chi connectivity index (χ3n) is 2.02. The predicted octanol–water partition coefficient (Wildman–Crippen LogP) is 4.58. The molecule has 0 aliphatic heterocycles. The van der Waals surface area contributed by atoms with E-state index in [0.717, 1.165) is 0 Å². The number of thiol groups is 1. The first-order valence-electron chi connectivity index (χ1n) is 4.74. The number of benzene rings is 1. The molecule has 0 aliphatic rings. The van der Waals surface area contributed by atoms with Crippen molar-refractivity contribution in [2.45, 2.75) is 13.8 Å². The SMILES string of the molecule is CC(C)(CS)COc1cc(F)c(Cl)cc1Br. The Labute approximate surface area is 114 Å². The van der Waals surface area contributed by atoms with Crippen LogP contribution < -0.4 is 4.74 Å². The molecule has 0 saturated heterocycles. The van der Waals surface area contributed by atoms with Crippen LogP contribution in [0, 0.1) is 11.2 Å². The van der Waals surface area contributed by atoms with E-state index in [4.69, 9.17) is 16.3 Å². The standard InChI is InChI=1S/C11H13BrClFOS/c1-11(2,6-16)5-15-10-4-9(14)8(13)3-7(10)12/h3-4,16H,5-6H2,1-2H3. The summed E-state index contributed by atoms with van der Waals surface area (Å²) in [5.74, 6) is 0.668. The van der Waals surface area contributed by atoms with Crippen LogP contribution in [-0.4, -0.2) is 12.4 Å². The van der Waals surface area contributed by atoms with Crippen molar-refractivity contribution in [3.05, 3.63) is 27.4 Å². The summed E-state index contributed by atoms with van der Waals surface area (Å²) in [5.41, 5.74) is -0.0569. The molecule has 0 saturated carbocycles. The van der Waals surface area contributed by atoms with Crippen LogP contribution in [-0.2, 0) is 0 Å². The summed E-state index contributed by atoms with van der Waals surface area (Å²) in [6.07, 6.45) is 0. The molecule has 16 heavy (non-hydrogen) atoms. The number of ether oxygens (including phenoxy) is 1. The van der Waals surface area contributed by atoms with Crippen molar-refractivity contribution < 1.29 is 9.13 Å². The minimum atomic E-state index is -0.483. The van der Waals surface area contributed by atoms with Crippen LogP contribution in [0.3, 0.4) is 0 Å². The van der Waals surface area contributed by atoms with E-state index >= 15 is 0 Å². The number of hydrogen-bond acceptors (Lipinski definition) is 2. The summed E-state index contributed by atoms with van der Waals surface area (Å²) in [6, 6.07) is 2.76. The Morgan fingerprint density at radius 1 is 1.50 bits per heavy atom. The molecular formula is C11H13BrClFOS. The van der Waals surface area contributed by atoms with Crippen molar-refractivity contribution in [1.82, 2.24) is 0 Å². The molecule has 0 bridgehead atoms. The second-order valence-electron chi connectivity index (χ2n) is 4.31. The van der Waals surface area contributed by atoms with Gasteiger partial charge in [0.05, 0.1) is 16.1 Å². The highest BCUT2D eigenvalue weighted by Gasteiger charge is 2.18. The monoisotopic (exact) mass is 326 g/mol. The lowest BCUT2D eigenvalue weighted by Gasteiger charge is -2.22. The summed E-state index contributed by atoms with van der Waals surface area (Å²) in [7, 11) is 0. The van der Waals surface area contributed by atoms with Crippen LogP contribution in [0.2, 0.25) is 5.02 Å². The molecule has 90 valence electrons. The fourth-order valence-corrected chi connectivity index (χ4v) is 1.78. The van der Waals surface area contributed by atoms with Gasteiger partial charge in [0.25, 0.3) is 0 Å². The maximum absolute atomic E-state index is 13.2. The van der Waals surface area contributed by atoms with E-state index in [9.17, 15) is 4.39 Å². The van der Waals surface area contributed by atoms with Gasteiger partial charge in [0.15, 0.2) is 0 Å². The third-order valence-corrected chi connectivity index (χ3v) is 3.79. The molecule has 0 unspecified atom stereocenters. The van der Waals surface area contributed by atoms with Crippen LogP contribution in [0.25, 0.3) is 0 Å². The van der Waals surface area contributed by atoms with Gasteiger partial charge in [-0.1, -0.05) is 25.4 Å². The van der Waals surface area contributed by atoms with Gasteiger partial charge in [-0.15, -0.1) is 0 Å². The zero-order chi connectivity index (χ0) is 12.3. The molecular weight excluding hydrogens is 315 g/mol. The summed E-state index contributed by atoms with van der Waals surface area (Å²) < 4.78 is 19.4. The van der Waals surface area contributed by atoms with Crippen LogP contribution in [0.1, 0.15) is 13.8 Å². The van der Waals surface area contributed by atoms with Gasteiger partial charge in [-0.3, -0.25) is 0 Å². The van der Waals surface area contributed by atoms with Crippen molar-refractivity contribution in [3.8, 4) is 5.75 Å². The topological polar surface area (TPSA) is 9.23 Å². The second kappa shape index (κ2) is 5.61. The minimum Gasteiger partial charge on any atom is -0.492 e. The average Bonchev–Trinajstić information content (AvgIpc) is 2.22. The van der Waals surface area contributed by atoms with Crippen molar-refractivity contribution in [3.63, 3.8) is 0 Å². The van der Waals surface area contributed by atoms with Gasteiger partial charge >= 0.3 is 0 Å². The maximum atomic E-state index is 13.2. The number of hydrogen-bond donors (Lipinski definition) is 1. The highest BCUT2D eigenvalue weighted by Crippen LogP contribution is 2.31. The Bertz CT molecular complexity index is 384. The molecule has 5 heteroatoms. The fourth-order valence-electron chi connectivity index (χ4n) is 0.934. The molecule has 0 heterocycles. The van der Waals surface area contributed by atoms with Crippen LogP contribution in [0.5, 0.6) is 5.75 Å². The molecule has 0 atom stereocenters. The summed E-state index contributed by atoms with van der Waals surface area (Å²) in [5, 5.41) is 0.0766. The maximum Gasteiger partial charge on any atom is 0.145 e. The van der Waals surface area contributed by atoms with Crippen molar-refractivity contribution in [2.75, 3.05) is 12.4 Å². The Kier molecular flexibility index (Phi) is 4.95. The van der Waals surface area contributed by atoms with Crippen LogP contribution >= 0.6 is 40.2 Å². The molecule has 0 aliphatic carbocycles. The predicted molar refractivity (Wildman–Crippen MR) is 72.2 cm³/mol. The largest absolute Gasteiger partial charge is 0.492 e. The van der Waals surface area contributed by atoms with Gasteiger partial charge in [-0.2, -0.15) is 12.6 Å². The lowest BCUT2D eigenvalue weighted by atomic mass is 9.98. The molecule has 0 N–H and O–H groups in total. The molecule has 1 rings (SSSR count). The Balaban J connectivity index is 2.79. The van der Waals surface area contributed by atoms with E-state index in [2.05, 4.69) is 28.6 Å². The Hall–Kier alpha value is 0.0700. The summed E-state index contributed by atoms with van der Waals surface area (Å²) in [4.78, 5) is 0. The molecule has 0 spiro atoms. The highest BCUT2D eigenvalue weighted by molar-refractivity contribution is 9.10. The summed E-state index contributed by atoms with van der Waals surface area (Å²) >= 11 is 13.1. The van der Waals surface area contributed by atoms with Crippen LogP contribution in [0.4, 0.5) is 4.39 Å². The Morgan fingerprint density at radius 3 is 2.69 bits per heavy atom. The van der Waals surface area contributed by atoms with E-state index in [0.29, 0.717) is 22.6 Å². The summed E-state index contributed by atoms with van der Waals surface area (Å²) in [6.45, 7) is 4.52. The molecule has 1 aromatic rings. The minimum absolute atomic E-state index is 0.0569. The molecule has 0 aromatic heterocycles. The first kappa shape index (κ1) is 14.1. The zero-order valence-electron chi connectivity index (χ0n) is 9.06. The smallest absolute Gasteiger partial charge is 0.145 e. The zero-order valence-corrected chi connectivity index (χ0v) is 12.3. The van der Waals surface area contributed by atoms with Crippen molar-refractivity contribution in [1.29, 1.82) is 0 Å². The normalized spacial score (nSPS) is 11.6. The van der Waals surface area contributed by atoms with Gasteiger partial charge in [-0.25, -0.2) is 4.39 Å². The van der Waals surface area contributed by atoms with Crippen molar-refractivity contribution >= 4 is 40.2 Å². The number of rotatable bonds is 4. The first-order chi connectivity index (χ1) is 7.35. The first-order valence-corrected chi connectivity index (χ1v) is 6.54. The van der Waals surface area contributed by atoms with Crippen molar-refractivity contribution in [2.24, 2.45) is 5.41 Å². The van der Waals surface area contributed by atoms with Gasteiger partial charge in [0.2, 0.25) is 0 Å². The van der Waals surface area contributed by atoms with Crippen LogP contribution in [0.15, 0.2) is 16.6 Å². The van der Waals surface area contributed by atoms with Gasteiger partial charge in [0.1, 0.15) is 11.6 Å². The van der Waals surface area contributed by atoms with E-state index < -0.39 is 5.82 Å². The third kappa shape index (κ3) is 3.82. The molecule has 1 nitrogen and oxygen atoms in total. The number of halogens is 3. The lowest BCUT2D eigenvalue weighted by Crippen LogP contribution is -2.23.